The molecule has 0 saturated heterocycles. The largest absolute Gasteiger partial charge is 0.467 e. The number of nitrogens with zero attached hydrogens (tertiary/aromatic N) is 1. The molecule has 0 aliphatic heterocycles. The van der Waals surface area contributed by atoms with Gasteiger partial charge in [-0.1, -0.05) is 0 Å². The molecule has 0 aliphatic rings. The van der Waals surface area contributed by atoms with Crippen molar-refractivity contribution < 1.29 is 27.9 Å². The van der Waals surface area contributed by atoms with Crippen molar-refractivity contribution in [1.29, 1.82) is 0 Å². The molecule has 0 N–H and O–H groups in total. The van der Waals surface area contributed by atoms with E-state index in [1.807, 2.05) is 30.5 Å². The molecule has 27 heavy (non-hydrogen) atoms. The van der Waals surface area contributed by atoms with Gasteiger partial charge in [-0.3, -0.25) is 0 Å². The molecular weight excluding hydrogens is 350 g/mol. The minimum atomic E-state index is -0.490. The van der Waals surface area contributed by atoms with Gasteiger partial charge in [0.2, 0.25) is 0 Å². The molecule has 142 valence electrons. The Morgan fingerprint density at radius 2 is 1.85 bits per heavy atom. The van der Waals surface area contributed by atoms with Crippen LogP contribution >= 0.6 is 0 Å². The zero-order valence-corrected chi connectivity index (χ0v) is 15.7. The van der Waals surface area contributed by atoms with E-state index in [0.29, 0.717) is 29.2 Å². The smallest absolute Gasteiger partial charge is 0.341 e. The number of ether oxygens (including phenoxy) is 2. The topological polar surface area (TPSA) is 83.8 Å². The van der Waals surface area contributed by atoms with Gasteiger partial charge in [0, 0.05) is 11.4 Å². The number of carbonyl (C=O) groups is 2. The molecule has 0 atom stereocenters. The second-order valence-corrected chi connectivity index (χ2v) is 6.20. The first-order chi connectivity index (χ1) is 12.9. The van der Waals surface area contributed by atoms with Crippen LogP contribution < -0.4 is 0 Å². The van der Waals surface area contributed by atoms with Gasteiger partial charge in [0.15, 0.2) is 0 Å². The summed E-state index contributed by atoms with van der Waals surface area (Å²) < 4.78 is 22.9. The van der Waals surface area contributed by atoms with Crippen LogP contribution in [0.25, 0.3) is 0 Å². The van der Waals surface area contributed by atoms with Gasteiger partial charge in [-0.25, -0.2) is 9.59 Å². The van der Waals surface area contributed by atoms with Crippen molar-refractivity contribution in [2.45, 2.75) is 33.9 Å². The van der Waals surface area contributed by atoms with E-state index in [-0.39, 0.29) is 6.61 Å². The number of aryl methyl sites for hydroxylation is 2. The Labute approximate surface area is 156 Å². The van der Waals surface area contributed by atoms with Gasteiger partial charge >= 0.3 is 11.9 Å². The van der Waals surface area contributed by atoms with E-state index in [1.165, 1.54) is 13.2 Å². The number of hydrogen-bond acceptors (Lipinski definition) is 6. The summed E-state index contributed by atoms with van der Waals surface area (Å²) in [4.78, 5) is 24.1. The summed E-state index contributed by atoms with van der Waals surface area (Å²) in [5.74, 6) is 0.658. The summed E-state index contributed by atoms with van der Waals surface area (Å²) in [5.41, 5.74) is 2.52. The summed E-state index contributed by atoms with van der Waals surface area (Å²) in [6.45, 7) is 5.90. The lowest BCUT2D eigenvalue weighted by atomic mass is 10.2. The molecule has 3 heterocycles. The van der Waals surface area contributed by atoms with Crippen LogP contribution in [0.15, 0.2) is 39.4 Å². The third-order valence-corrected chi connectivity index (χ3v) is 4.41. The summed E-state index contributed by atoms with van der Waals surface area (Å²) >= 11 is 0. The van der Waals surface area contributed by atoms with Crippen LogP contribution in [0, 0.1) is 20.8 Å². The van der Waals surface area contributed by atoms with Crippen LogP contribution in [-0.4, -0.2) is 23.6 Å². The highest BCUT2D eigenvalue weighted by molar-refractivity contribution is 5.91. The number of esters is 2. The Balaban J connectivity index is 1.71. The quantitative estimate of drug-likeness (QED) is 0.613. The molecule has 7 heteroatoms. The molecule has 7 nitrogen and oxygen atoms in total. The number of hydrogen-bond donors (Lipinski definition) is 0. The molecule has 0 aliphatic carbocycles. The van der Waals surface area contributed by atoms with Gasteiger partial charge < -0.3 is 22.9 Å². The van der Waals surface area contributed by atoms with Crippen LogP contribution in [0.2, 0.25) is 0 Å². The Hall–Kier alpha value is -3.22. The standard InChI is InChI=1S/C20H21NO6/c1-12-8-17(13(2)21(12)10-15-6-5-7-25-15)20(23)26-11-16-9-18(14(3)27-16)19(22)24-4/h5-9H,10-11H2,1-4H3. The predicted molar refractivity (Wildman–Crippen MR) is 95.6 cm³/mol. The van der Waals surface area contributed by atoms with E-state index < -0.39 is 11.9 Å². The summed E-state index contributed by atoms with van der Waals surface area (Å²) in [6.07, 6.45) is 1.62. The van der Waals surface area contributed by atoms with E-state index in [1.54, 1.807) is 19.3 Å². The Kier molecular flexibility index (Phi) is 5.21. The SMILES string of the molecule is COC(=O)c1cc(COC(=O)c2cc(C)n(Cc3ccco3)c2C)oc1C. The maximum Gasteiger partial charge on any atom is 0.341 e. The first kappa shape index (κ1) is 18.6. The lowest BCUT2D eigenvalue weighted by Crippen LogP contribution is -2.08. The summed E-state index contributed by atoms with van der Waals surface area (Å²) in [6, 6.07) is 7.02. The van der Waals surface area contributed by atoms with Crippen molar-refractivity contribution in [2.75, 3.05) is 7.11 Å². The fourth-order valence-electron chi connectivity index (χ4n) is 2.95. The molecule has 0 bridgehead atoms. The van der Waals surface area contributed by atoms with Crippen molar-refractivity contribution in [1.82, 2.24) is 4.57 Å². The lowest BCUT2D eigenvalue weighted by Gasteiger charge is -2.08. The van der Waals surface area contributed by atoms with Gasteiger partial charge in [-0.2, -0.15) is 0 Å². The second kappa shape index (κ2) is 7.57. The fraction of sp³-hybridized carbons (Fsp3) is 0.300. The van der Waals surface area contributed by atoms with Crippen LogP contribution in [0.1, 0.15) is 49.4 Å². The summed E-state index contributed by atoms with van der Waals surface area (Å²) in [5, 5.41) is 0. The average molecular weight is 371 g/mol. The van der Waals surface area contributed by atoms with Crippen LogP contribution in [0.4, 0.5) is 0 Å². The van der Waals surface area contributed by atoms with Crippen LogP contribution in [-0.2, 0) is 22.6 Å². The highest BCUT2D eigenvalue weighted by Crippen LogP contribution is 2.20. The van der Waals surface area contributed by atoms with Gasteiger partial charge in [0.1, 0.15) is 29.5 Å². The lowest BCUT2D eigenvalue weighted by molar-refractivity contribution is 0.0443. The first-order valence-electron chi connectivity index (χ1n) is 8.44. The molecule has 3 rings (SSSR count). The van der Waals surface area contributed by atoms with Gasteiger partial charge in [0.05, 0.1) is 25.5 Å². The maximum absolute atomic E-state index is 12.5. The second-order valence-electron chi connectivity index (χ2n) is 6.20. The van der Waals surface area contributed by atoms with Gasteiger partial charge in [-0.15, -0.1) is 0 Å². The summed E-state index contributed by atoms with van der Waals surface area (Å²) in [7, 11) is 1.30. The molecular formula is C20H21NO6. The number of methoxy groups -OCH3 is 1. The number of rotatable bonds is 6. The van der Waals surface area contributed by atoms with E-state index >= 15 is 0 Å². The van der Waals surface area contributed by atoms with E-state index in [0.717, 1.165) is 17.1 Å². The van der Waals surface area contributed by atoms with E-state index in [4.69, 9.17) is 13.6 Å². The fourth-order valence-corrected chi connectivity index (χ4v) is 2.95. The third kappa shape index (κ3) is 3.81. The zero-order valence-electron chi connectivity index (χ0n) is 15.7. The maximum atomic E-state index is 12.5. The normalized spacial score (nSPS) is 10.8. The minimum Gasteiger partial charge on any atom is -0.467 e. The number of carbonyl (C=O) groups excluding carboxylic acids is 2. The van der Waals surface area contributed by atoms with Crippen LogP contribution in [0.5, 0.6) is 0 Å². The molecule has 0 saturated carbocycles. The van der Waals surface area contributed by atoms with Crippen molar-refractivity contribution >= 4 is 11.9 Å². The van der Waals surface area contributed by atoms with Crippen molar-refractivity contribution in [3.63, 3.8) is 0 Å². The third-order valence-electron chi connectivity index (χ3n) is 4.41. The molecule has 0 amide bonds. The molecule has 3 aromatic heterocycles. The Bertz CT molecular complexity index is 961. The highest BCUT2D eigenvalue weighted by atomic mass is 16.5. The van der Waals surface area contributed by atoms with Crippen LogP contribution in [0.3, 0.4) is 0 Å². The van der Waals surface area contributed by atoms with Crippen molar-refractivity contribution in [3.8, 4) is 0 Å². The molecule has 0 spiro atoms. The van der Waals surface area contributed by atoms with E-state index in [9.17, 15) is 9.59 Å². The van der Waals surface area contributed by atoms with Gasteiger partial charge in [0.25, 0.3) is 0 Å². The molecule has 3 aromatic rings. The van der Waals surface area contributed by atoms with Crippen molar-refractivity contribution in [2.24, 2.45) is 0 Å². The molecule has 0 radical (unpaired) electrons. The van der Waals surface area contributed by atoms with Crippen molar-refractivity contribution in [3.05, 3.63) is 70.3 Å². The minimum absolute atomic E-state index is 0.0709. The molecule has 0 fully saturated rings. The predicted octanol–water partition coefficient (Wildman–Crippen LogP) is 3.79. The Morgan fingerprint density at radius 3 is 2.52 bits per heavy atom. The molecule has 0 unspecified atom stereocenters. The van der Waals surface area contributed by atoms with E-state index in [2.05, 4.69) is 4.74 Å². The first-order valence-corrected chi connectivity index (χ1v) is 8.44. The highest BCUT2D eigenvalue weighted by Gasteiger charge is 2.20. The monoisotopic (exact) mass is 371 g/mol. The zero-order chi connectivity index (χ0) is 19.6. The average Bonchev–Trinajstić information content (AvgIpc) is 3.35. The van der Waals surface area contributed by atoms with Gasteiger partial charge in [-0.05, 0) is 45.0 Å². The Morgan fingerprint density at radius 1 is 1.07 bits per heavy atom. The number of aromatic nitrogens is 1. The number of furan rings is 2. The molecule has 0 aromatic carbocycles.